The molecule has 1 atom stereocenters. The summed E-state index contributed by atoms with van der Waals surface area (Å²) in [4.78, 5) is 4.13. The van der Waals surface area contributed by atoms with Crippen molar-refractivity contribution in [3.63, 3.8) is 0 Å². The van der Waals surface area contributed by atoms with Crippen LogP contribution in [0.4, 0.5) is 0 Å². The smallest absolute Gasteiger partial charge is 0.190 e. The summed E-state index contributed by atoms with van der Waals surface area (Å²) >= 11 is 0. The Kier molecular flexibility index (Phi) is 4.02. The SMILES string of the molecule is CN=C(NC)NC[C@H]1CCc2ccccc2C1. The fraction of sp³-hybridized carbons (Fsp3) is 0.500. The minimum absolute atomic E-state index is 0.718. The van der Waals surface area contributed by atoms with E-state index in [-0.39, 0.29) is 0 Å². The van der Waals surface area contributed by atoms with E-state index in [2.05, 4.69) is 39.9 Å². The summed E-state index contributed by atoms with van der Waals surface area (Å²) < 4.78 is 0. The fourth-order valence-electron chi connectivity index (χ4n) is 2.47. The third-order valence-corrected chi connectivity index (χ3v) is 3.47. The Balaban J connectivity index is 1.90. The van der Waals surface area contributed by atoms with E-state index < -0.39 is 0 Å². The lowest BCUT2D eigenvalue weighted by atomic mass is 9.84. The van der Waals surface area contributed by atoms with Crippen molar-refractivity contribution in [2.75, 3.05) is 20.6 Å². The molecule has 1 aromatic rings. The number of guanidine groups is 1. The van der Waals surface area contributed by atoms with Gasteiger partial charge in [-0.1, -0.05) is 24.3 Å². The molecule has 0 aromatic heterocycles. The minimum atomic E-state index is 0.718. The van der Waals surface area contributed by atoms with Crippen molar-refractivity contribution in [1.82, 2.24) is 10.6 Å². The topological polar surface area (TPSA) is 36.4 Å². The Morgan fingerprint density at radius 3 is 2.82 bits per heavy atom. The number of rotatable bonds is 2. The van der Waals surface area contributed by atoms with Crippen LogP contribution in [0.15, 0.2) is 29.3 Å². The molecule has 0 spiro atoms. The Morgan fingerprint density at radius 1 is 1.35 bits per heavy atom. The molecule has 1 aromatic carbocycles. The molecule has 0 amide bonds. The highest BCUT2D eigenvalue weighted by Crippen LogP contribution is 2.24. The highest BCUT2D eigenvalue weighted by Gasteiger charge is 2.17. The van der Waals surface area contributed by atoms with Crippen LogP contribution in [-0.4, -0.2) is 26.6 Å². The standard InChI is InChI=1S/C14H21N3/c1-15-14(16-2)17-10-11-7-8-12-5-3-4-6-13(12)9-11/h3-6,11H,7-10H2,1-2H3,(H2,15,16,17)/t11-/m0/s1. The quantitative estimate of drug-likeness (QED) is 0.599. The van der Waals surface area contributed by atoms with E-state index in [0.717, 1.165) is 18.4 Å². The first-order valence-corrected chi connectivity index (χ1v) is 6.28. The molecule has 0 fully saturated rings. The van der Waals surface area contributed by atoms with Crippen molar-refractivity contribution in [2.45, 2.75) is 19.3 Å². The van der Waals surface area contributed by atoms with E-state index in [9.17, 15) is 0 Å². The fourth-order valence-corrected chi connectivity index (χ4v) is 2.47. The van der Waals surface area contributed by atoms with Crippen LogP contribution in [0.3, 0.4) is 0 Å². The van der Waals surface area contributed by atoms with E-state index >= 15 is 0 Å². The molecule has 0 unspecified atom stereocenters. The van der Waals surface area contributed by atoms with Crippen LogP contribution in [0.25, 0.3) is 0 Å². The predicted octanol–water partition coefficient (Wildman–Crippen LogP) is 1.59. The van der Waals surface area contributed by atoms with E-state index in [0.29, 0.717) is 0 Å². The minimum Gasteiger partial charge on any atom is -0.359 e. The Hall–Kier alpha value is -1.51. The van der Waals surface area contributed by atoms with Crippen LogP contribution in [0.2, 0.25) is 0 Å². The number of hydrogen-bond donors (Lipinski definition) is 2. The zero-order valence-corrected chi connectivity index (χ0v) is 10.7. The summed E-state index contributed by atoms with van der Waals surface area (Å²) in [6.07, 6.45) is 3.66. The van der Waals surface area contributed by atoms with Gasteiger partial charge in [0.1, 0.15) is 0 Å². The van der Waals surface area contributed by atoms with Crippen molar-refractivity contribution in [3.8, 4) is 0 Å². The highest BCUT2D eigenvalue weighted by atomic mass is 15.1. The number of aryl methyl sites for hydroxylation is 1. The Labute approximate surface area is 103 Å². The molecule has 0 saturated heterocycles. The monoisotopic (exact) mass is 231 g/mol. The molecule has 0 bridgehead atoms. The Bertz CT molecular complexity index is 398. The second-order valence-electron chi connectivity index (χ2n) is 4.58. The maximum Gasteiger partial charge on any atom is 0.190 e. The summed E-state index contributed by atoms with van der Waals surface area (Å²) in [5.74, 6) is 1.60. The maximum absolute atomic E-state index is 4.13. The van der Waals surface area contributed by atoms with Crippen LogP contribution >= 0.6 is 0 Å². The van der Waals surface area contributed by atoms with Crippen LogP contribution in [0.1, 0.15) is 17.5 Å². The highest BCUT2D eigenvalue weighted by molar-refractivity contribution is 5.79. The molecule has 2 N–H and O–H groups in total. The molecule has 1 aliphatic carbocycles. The van der Waals surface area contributed by atoms with Crippen molar-refractivity contribution < 1.29 is 0 Å². The first kappa shape index (κ1) is 12.0. The largest absolute Gasteiger partial charge is 0.359 e. The molecule has 0 saturated carbocycles. The lowest BCUT2D eigenvalue weighted by Crippen LogP contribution is -2.38. The third kappa shape index (κ3) is 2.99. The molecule has 0 heterocycles. The molecule has 17 heavy (non-hydrogen) atoms. The van der Waals surface area contributed by atoms with Gasteiger partial charge in [0, 0.05) is 20.6 Å². The van der Waals surface area contributed by atoms with Crippen molar-refractivity contribution >= 4 is 5.96 Å². The van der Waals surface area contributed by atoms with E-state index in [1.165, 1.54) is 30.4 Å². The van der Waals surface area contributed by atoms with Gasteiger partial charge < -0.3 is 10.6 Å². The number of nitrogens with zero attached hydrogens (tertiary/aromatic N) is 1. The van der Waals surface area contributed by atoms with Gasteiger partial charge in [0.15, 0.2) is 5.96 Å². The van der Waals surface area contributed by atoms with E-state index in [1.807, 2.05) is 7.05 Å². The van der Waals surface area contributed by atoms with Crippen LogP contribution in [-0.2, 0) is 12.8 Å². The molecule has 0 radical (unpaired) electrons. The van der Waals surface area contributed by atoms with Crippen LogP contribution < -0.4 is 10.6 Å². The van der Waals surface area contributed by atoms with Crippen LogP contribution in [0.5, 0.6) is 0 Å². The van der Waals surface area contributed by atoms with Gasteiger partial charge in [-0.15, -0.1) is 0 Å². The van der Waals surface area contributed by atoms with Gasteiger partial charge >= 0.3 is 0 Å². The first-order chi connectivity index (χ1) is 8.33. The van der Waals surface area contributed by atoms with E-state index in [4.69, 9.17) is 0 Å². The van der Waals surface area contributed by atoms with Gasteiger partial charge in [0.05, 0.1) is 0 Å². The lowest BCUT2D eigenvalue weighted by molar-refractivity contribution is 0.450. The van der Waals surface area contributed by atoms with Gasteiger partial charge in [-0.2, -0.15) is 0 Å². The molecule has 3 heteroatoms. The van der Waals surface area contributed by atoms with Gasteiger partial charge in [-0.3, -0.25) is 4.99 Å². The Morgan fingerprint density at radius 2 is 2.12 bits per heavy atom. The summed E-state index contributed by atoms with van der Waals surface area (Å²) in [6.45, 7) is 1.00. The van der Waals surface area contributed by atoms with Gasteiger partial charge in [-0.05, 0) is 36.3 Å². The molecule has 1 aliphatic rings. The van der Waals surface area contributed by atoms with Crippen molar-refractivity contribution in [2.24, 2.45) is 10.9 Å². The van der Waals surface area contributed by atoms with Crippen LogP contribution in [0, 0.1) is 5.92 Å². The lowest BCUT2D eigenvalue weighted by Gasteiger charge is -2.25. The summed E-state index contributed by atoms with van der Waals surface area (Å²) in [5, 5.41) is 6.41. The normalized spacial score (nSPS) is 19.6. The van der Waals surface area contributed by atoms with Gasteiger partial charge in [0.2, 0.25) is 0 Å². The maximum atomic E-state index is 4.13. The number of hydrogen-bond acceptors (Lipinski definition) is 1. The van der Waals surface area contributed by atoms with Gasteiger partial charge in [0.25, 0.3) is 0 Å². The van der Waals surface area contributed by atoms with Crippen molar-refractivity contribution in [1.29, 1.82) is 0 Å². The summed E-state index contributed by atoms with van der Waals surface area (Å²) in [5.41, 5.74) is 3.05. The van der Waals surface area contributed by atoms with Crippen molar-refractivity contribution in [3.05, 3.63) is 35.4 Å². The van der Waals surface area contributed by atoms with E-state index in [1.54, 1.807) is 7.05 Å². The zero-order valence-electron chi connectivity index (χ0n) is 10.7. The van der Waals surface area contributed by atoms with Gasteiger partial charge in [-0.25, -0.2) is 0 Å². The zero-order chi connectivity index (χ0) is 12.1. The second-order valence-corrected chi connectivity index (χ2v) is 4.58. The average molecular weight is 231 g/mol. The summed E-state index contributed by atoms with van der Waals surface area (Å²) in [7, 11) is 3.69. The third-order valence-electron chi connectivity index (χ3n) is 3.47. The molecule has 2 rings (SSSR count). The molecule has 3 nitrogen and oxygen atoms in total. The summed E-state index contributed by atoms with van der Waals surface area (Å²) in [6, 6.07) is 8.79. The first-order valence-electron chi connectivity index (χ1n) is 6.28. The molecule has 0 aliphatic heterocycles. The number of nitrogens with one attached hydrogen (secondary N) is 2. The number of aliphatic imine (C=N–C) groups is 1. The second kappa shape index (κ2) is 5.71. The number of benzene rings is 1. The number of fused-ring (bicyclic) bond motifs is 1. The average Bonchev–Trinajstić information content (AvgIpc) is 2.40. The molecular weight excluding hydrogens is 210 g/mol. The predicted molar refractivity (Wildman–Crippen MR) is 72.4 cm³/mol. The molecule has 92 valence electrons. The molecular formula is C14H21N3.